The lowest BCUT2D eigenvalue weighted by atomic mass is 10.1. The van der Waals surface area contributed by atoms with Gasteiger partial charge in [-0.05, 0) is 25.8 Å². The van der Waals surface area contributed by atoms with Gasteiger partial charge in [0.25, 0.3) is 0 Å². The maximum atomic E-state index is 13.5. The first-order valence-corrected chi connectivity index (χ1v) is 7.23. The maximum absolute atomic E-state index is 13.5. The van der Waals surface area contributed by atoms with Crippen LogP contribution in [0.15, 0.2) is 24.3 Å². The molecule has 1 fully saturated rings. The first-order valence-electron chi connectivity index (χ1n) is 7.23. The first-order chi connectivity index (χ1) is 9.63. The highest BCUT2D eigenvalue weighted by atomic mass is 19.1. The van der Waals surface area contributed by atoms with Crippen molar-refractivity contribution in [2.75, 3.05) is 13.2 Å². The molecular weight excluding hydrogens is 259 g/mol. The maximum Gasteiger partial charge on any atom is 0.157 e. The van der Waals surface area contributed by atoms with Crippen LogP contribution in [-0.2, 0) is 20.8 Å². The topological polar surface area (TPSA) is 27.7 Å². The van der Waals surface area contributed by atoms with Crippen LogP contribution in [0.3, 0.4) is 0 Å². The van der Waals surface area contributed by atoms with Crippen LogP contribution in [0.25, 0.3) is 0 Å². The fourth-order valence-corrected chi connectivity index (χ4v) is 2.12. The Morgan fingerprint density at radius 3 is 2.65 bits per heavy atom. The number of ether oxygens (including phenoxy) is 3. The van der Waals surface area contributed by atoms with Crippen molar-refractivity contribution in [2.24, 2.45) is 0 Å². The van der Waals surface area contributed by atoms with E-state index in [1.807, 2.05) is 6.92 Å². The molecule has 0 spiro atoms. The van der Waals surface area contributed by atoms with Crippen molar-refractivity contribution in [2.45, 2.75) is 51.6 Å². The van der Waals surface area contributed by atoms with Gasteiger partial charge in [0.05, 0.1) is 19.8 Å². The van der Waals surface area contributed by atoms with E-state index in [1.54, 1.807) is 18.2 Å². The van der Waals surface area contributed by atoms with E-state index in [0.717, 1.165) is 19.3 Å². The molecule has 0 atom stereocenters. The van der Waals surface area contributed by atoms with Gasteiger partial charge in [-0.15, -0.1) is 0 Å². The van der Waals surface area contributed by atoms with Crippen molar-refractivity contribution in [3.63, 3.8) is 0 Å². The van der Waals surface area contributed by atoms with Gasteiger partial charge >= 0.3 is 0 Å². The van der Waals surface area contributed by atoms with Crippen molar-refractivity contribution in [1.82, 2.24) is 0 Å². The summed E-state index contributed by atoms with van der Waals surface area (Å²) in [4.78, 5) is 0. The molecule has 1 saturated heterocycles. The molecule has 0 radical (unpaired) electrons. The molecule has 3 nitrogen and oxygen atoms in total. The van der Waals surface area contributed by atoms with E-state index in [2.05, 4.69) is 6.92 Å². The van der Waals surface area contributed by atoms with E-state index in [0.29, 0.717) is 18.8 Å². The second kappa shape index (κ2) is 7.16. The smallest absolute Gasteiger partial charge is 0.157 e. The summed E-state index contributed by atoms with van der Waals surface area (Å²) in [6.07, 6.45) is 3.02. The molecule has 0 aliphatic carbocycles. The summed E-state index contributed by atoms with van der Waals surface area (Å²) in [5.74, 6) is -0.241. The number of unbranched alkanes of at least 4 members (excludes halogenated alkanes) is 1. The number of benzene rings is 1. The highest BCUT2D eigenvalue weighted by molar-refractivity contribution is 5.16. The molecule has 0 unspecified atom stereocenters. The second-order valence-corrected chi connectivity index (χ2v) is 5.52. The average Bonchev–Trinajstić information content (AvgIpc) is 2.46. The molecule has 0 saturated carbocycles. The molecule has 1 aromatic carbocycles. The van der Waals surface area contributed by atoms with Crippen LogP contribution in [0.2, 0.25) is 0 Å². The third-order valence-corrected chi connectivity index (χ3v) is 3.48. The molecule has 112 valence electrons. The fraction of sp³-hybridized carbons (Fsp3) is 0.625. The molecule has 0 aromatic heterocycles. The average molecular weight is 282 g/mol. The van der Waals surface area contributed by atoms with E-state index in [9.17, 15) is 4.39 Å². The lowest BCUT2D eigenvalue weighted by Gasteiger charge is -2.37. The van der Waals surface area contributed by atoms with Gasteiger partial charge in [-0.3, -0.25) is 0 Å². The number of hydrogen-bond acceptors (Lipinski definition) is 3. The summed E-state index contributed by atoms with van der Waals surface area (Å²) in [5.41, 5.74) is 0.0483. The Balaban J connectivity index is 1.80. The predicted molar refractivity (Wildman–Crippen MR) is 74.8 cm³/mol. The minimum Gasteiger partial charge on any atom is -0.366 e. The van der Waals surface area contributed by atoms with Crippen LogP contribution >= 0.6 is 0 Å². The first kappa shape index (κ1) is 15.4. The van der Waals surface area contributed by atoms with Crippen molar-refractivity contribution in [3.05, 3.63) is 35.6 Å². The molecular formula is C16H23FO3. The Hall–Kier alpha value is -0.970. The van der Waals surface area contributed by atoms with Gasteiger partial charge in [0.1, 0.15) is 11.4 Å². The van der Waals surface area contributed by atoms with Crippen LogP contribution < -0.4 is 0 Å². The Kier molecular flexibility index (Phi) is 5.52. The Morgan fingerprint density at radius 1 is 1.30 bits per heavy atom. The summed E-state index contributed by atoms with van der Waals surface area (Å²) in [7, 11) is 0. The Bertz CT molecular complexity index is 414. The van der Waals surface area contributed by atoms with Crippen molar-refractivity contribution < 1.29 is 18.6 Å². The third-order valence-electron chi connectivity index (χ3n) is 3.48. The monoisotopic (exact) mass is 282 g/mol. The lowest BCUT2D eigenvalue weighted by Crippen LogP contribution is -2.47. The molecule has 1 heterocycles. The van der Waals surface area contributed by atoms with E-state index in [4.69, 9.17) is 14.2 Å². The molecule has 4 heteroatoms. The lowest BCUT2D eigenvalue weighted by molar-refractivity contribution is -0.264. The SMILES string of the molecule is CCCC[C@H]1OC[C@](C)(OCc2ccccc2F)CO1. The minimum absolute atomic E-state index is 0.125. The molecule has 20 heavy (non-hydrogen) atoms. The fourth-order valence-electron chi connectivity index (χ4n) is 2.12. The molecule has 0 N–H and O–H groups in total. The Labute approximate surface area is 120 Å². The molecule has 0 bridgehead atoms. The quantitative estimate of drug-likeness (QED) is 0.797. The minimum atomic E-state index is -0.509. The standard InChI is InChI=1S/C16H23FO3/c1-3-4-9-15-18-11-16(2,12-19-15)20-10-13-7-5-6-8-14(13)17/h5-8,15H,3-4,9-12H2,1-2H3/t15-,16-. The van der Waals surface area contributed by atoms with Crippen LogP contribution in [0, 0.1) is 5.82 Å². The van der Waals surface area contributed by atoms with E-state index < -0.39 is 5.60 Å². The molecule has 2 rings (SSSR count). The summed E-state index contributed by atoms with van der Waals surface area (Å²) in [5, 5.41) is 0. The van der Waals surface area contributed by atoms with Crippen LogP contribution in [0.5, 0.6) is 0 Å². The third kappa shape index (κ3) is 4.27. The zero-order valence-corrected chi connectivity index (χ0v) is 12.2. The van der Waals surface area contributed by atoms with Gasteiger partial charge in [0.15, 0.2) is 6.29 Å². The number of rotatable bonds is 6. The summed E-state index contributed by atoms with van der Waals surface area (Å²) < 4.78 is 30.7. The summed E-state index contributed by atoms with van der Waals surface area (Å²) in [6.45, 7) is 5.27. The van der Waals surface area contributed by atoms with Gasteiger partial charge in [0, 0.05) is 5.56 Å². The van der Waals surface area contributed by atoms with Crippen LogP contribution in [-0.4, -0.2) is 25.1 Å². The number of halogens is 1. The molecule has 1 aromatic rings. The molecule has 1 aliphatic rings. The van der Waals surface area contributed by atoms with E-state index >= 15 is 0 Å². The zero-order chi connectivity index (χ0) is 14.4. The summed E-state index contributed by atoms with van der Waals surface area (Å²) in [6, 6.07) is 6.65. The zero-order valence-electron chi connectivity index (χ0n) is 12.2. The Morgan fingerprint density at radius 2 is 2.00 bits per heavy atom. The van der Waals surface area contributed by atoms with Crippen molar-refractivity contribution in [3.8, 4) is 0 Å². The van der Waals surface area contributed by atoms with Crippen molar-refractivity contribution >= 4 is 0 Å². The number of hydrogen-bond donors (Lipinski definition) is 0. The van der Waals surface area contributed by atoms with Gasteiger partial charge < -0.3 is 14.2 Å². The van der Waals surface area contributed by atoms with Gasteiger partial charge in [-0.1, -0.05) is 31.5 Å². The normalized spacial score (nSPS) is 26.6. The summed E-state index contributed by atoms with van der Waals surface area (Å²) >= 11 is 0. The largest absolute Gasteiger partial charge is 0.366 e. The highest BCUT2D eigenvalue weighted by Gasteiger charge is 2.33. The van der Waals surface area contributed by atoms with E-state index in [1.165, 1.54) is 6.07 Å². The van der Waals surface area contributed by atoms with Gasteiger partial charge in [0.2, 0.25) is 0 Å². The van der Waals surface area contributed by atoms with Crippen LogP contribution in [0.4, 0.5) is 4.39 Å². The van der Waals surface area contributed by atoms with Gasteiger partial charge in [-0.2, -0.15) is 0 Å². The predicted octanol–water partition coefficient (Wildman–Crippen LogP) is 3.66. The van der Waals surface area contributed by atoms with Crippen molar-refractivity contribution in [1.29, 1.82) is 0 Å². The van der Waals surface area contributed by atoms with Crippen LogP contribution in [0.1, 0.15) is 38.7 Å². The second-order valence-electron chi connectivity index (χ2n) is 5.52. The highest BCUT2D eigenvalue weighted by Crippen LogP contribution is 2.23. The molecule has 0 amide bonds. The van der Waals surface area contributed by atoms with E-state index in [-0.39, 0.29) is 18.7 Å². The molecule has 1 aliphatic heterocycles. The van der Waals surface area contributed by atoms with Gasteiger partial charge in [-0.25, -0.2) is 4.39 Å².